The first-order chi connectivity index (χ1) is 10.2. The van der Waals surface area contributed by atoms with Gasteiger partial charge in [0, 0.05) is 0 Å². The van der Waals surface area contributed by atoms with Crippen molar-refractivity contribution < 1.29 is 55.4 Å². The summed E-state index contributed by atoms with van der Waals surface area (Å²) in [7, 11) is 0. The number of carbonyl (C=O) groups is 4. The van der Waals surface area contributed by atoms with Crippen molar-refractivity contribution in [3.05, 3.63) is 0 Å². The third-order valence-electron chi connectivity index (χ3n) is 2.41. The van der Waals surface area contributed by atoms with Gasteiger partial charge < -0.3 is 0 Å². The molecular formula is C10H15FeN3O8. The third kappa shape index (κ3) is 8.42. The molecule has 11 nitrogen and oxygen atoms in total. The Kier molecular flexibility index (Phi) is 9.10. The molecule has 0 aromatic carbocycles. The van der Waals surface area contributed by atoms with E-state index in [9.17, 15) is 19.2 Å². The Morgan fingerprint density at radius 1 is 0.864 bits per heavy atom. The first-order valence-electron chi connectivity index (χ1n) is 5.82. The van der Waals surface area contributed by atoms with Gasteiger partial charge in [0.05, 0.1) is 0 Å². The Bertz CT molecular complexity index is 441. The van der Waals surface area contributed by atoms with E-state index in [1.54, 1.807) is 0 Å². The summed E-state index contributed by atoms with van der Waals surface area (Å²) in [5.41, 5.74) is 0. The number of aliphatic carboxylic acids is 4. The van der Waals surface area contributed by atoms with Crippen LogP contribution in [0.4, 0.5) is 0 Å². The summed E-state index contributed by atoms with van der Waals surface area (Å²) in [5, 5.41) is 35.1. The fourth-order valence-electron chi connectivity index (χ4n) is 1.58. The van der Waals surface area contributed by atoms with Gasteiger partial charge in [-0.15, -0.1) is 0 Å². The van der Waals surface area contributed by atoms with Gasteiger partial charge in [0.15, 0.2) is 0 Å². The molecule has 126 valence electrons. The minimum atomic E-state index is -1.52. The summed E-state index contributed by atoms with van der Waals surface area (Å²) in [5.74, 6) is -5.25. The van der Waals surface area contributed by atoms with Gasteiger partial charge in [0.2, 0.25) is 0 Å². The molecule has 4 N–H and O–H groups in total. The summed E-state index contributed by atoms with van der Waals surface area (Å²) in [4.78, 5) is 45.0. The molecule has 1 atom stereocenters. The average Bonchev–Trinajstić information content (AvgIpc) is 2.33. The van der Waals surface area contributed by atoms with Crippen LogP contribution >= 0.6 is 0 Å². The van der Waals surface area contributed by atoms with Crippen molar-refractivity contribution in [1.82, 2.24) is 9.80 Å². The van der Waals surface area contributed by atoms with E-state index >= 15 is 0 Å². The standard InChI is InChI=1S/C10H15N3O8.Fe/c11-9(10(20)21)13(5-8(18)19)2-1-12(3-6(14)15)4-7(16)17;/h9H,1-5H2,(H,14,15)(H,16,17)(H,18,19)(H,20,21);. The summed E-state index contributed by atoms with van der Waals surface area (Å²) >= 11 is 3.07. The fourth-order valence-corrected chi connectivity index (χ4v) is 1.88. The molecule has 0 aliphatic carbocycles. The summed E-state index contributed by atoms with van der Waals surface area (Å²) < 4.78 is 3.30. The number of carboxylic acid groups (broad SMARTS) is 4. The van der Waals surface area contributed by atoms with Crippen LogP contribution in [0.2, 0.25) is 0 Å². The van der Waals surface area contributed by atoms with Crippen LogP contribution in [-0.2, 0) is 35.0 Å². The van der Waals surface area contributed by atoms with Crippen molar-refractivity contribution in [2.45, 2.75) is 6.17 Å². The maximum absolute atomic E-state index is 11.0. The van der Waals surface area contributed by atoms with Crippen molar-refractivity contribution >= 4 is 23.9 Å². The number of hydrogen-bond acceptors (Lipinski definition) is 7. The number of rotatable bonds is 12. The molecule has 0 bridgehead atoms. The van der Waals surface area contributed by atoms with Crippen LogP contribution in [0.1, 0.15) is 0 Å². The zero-order valence-electron chi connectivity index (χ0n) is 11.2. The maximum atomic E-state index is 11.0. The van der Waals surface area contributed by atoms with E-state index in [2.05, 4.69) is 19.8 Å². The van der Waals surface area contributed by atoms with Crippen LogP contribution < -0.4 is 0 Å². The molecule has 0 saturated carbocycles. The second-order valence-electron chi connectivity index (χ2n) is 4.17. The quantitative estimate of drug-likeness (QED) is 0.285. The Labute approximate surface area is 132 Å². The van der Waals surface area contributed by atoms with Crippen molar-refractivity contribution in [2.75, 3.05) is 32.7 Å². The molecule has 0 amide bonds. The molecule has 0 radical (unpaired) electrons. The van der Waals surface area contributed by atoms with Gasteiger partial charge in [-0.05, 0) is 0 Å². The van der Waals surface area contributed by atoms with Gasteiger partial charge in [-0.2, -0.15) is 0 Å². The van der Waals surface area contributed by atoms with E-state index in [0.717, 1.165) is 9.80 Å². The molecule has 0 aliphatic heterocycles. The van der Waals surface area contributed by atoms with Crippen LogP contribution in [-0.4, -0.2) is 93.0 Å². The monoisotopic (exact) mass is 361 g/mol. The third-order valence-corrected chi connectivity index (χ3v) is 2.68. The molecule has 0 aromatic heterocycles. The second-order valence-corrected chi connectivity index (χ2v) is 4.45. The number of nitrogens with zero attached hydrogens (tertiary/aromatic N) is 3. The first kappa shape index (κ1) is 20.1. The molecule has 0 spiro atoms. The van der Waals surface area contributed by atoms with Crippen LogP contribution in [0.25, 0.3) is 0 Å². The predicted octanol–water partition coefficient (Wildman–Crippen LogP) is -2.01. The molecule has 1 unspecified atom stereocenters. The van der Waals surface area contributed by atoms with Crippen LogP contribution in [0.3, 0.4) is 0 Å². The second kappa shape index (κ2) is 9.95. The molecule has 0 aromatic rings. The van der Waals surface area contributed by atoms with E-state index in [4.69, 9.17) is 20.4 Å². The van der Waals surface area contributed by atoms with E-state index in [1.807, 2.05) is 0 Å². The van der Waals surface area contributed by atoms with Gasteiger partial charge in [-0.1, -0.05) is 0 Å². The molecular weight excluding hydrogens is 346 g/mol. The van der Waals surface area contributed by atoms with E-state index in [1.165, 1.54) is 0 Å². The normalized spacial score (nSPS) is 12.1. The van der Waals surface area contributed by atoms with Gasteiger partial charge in [0.1, 0.15) is 0 Å². The fraction of sp³-hybridized carbons (Fsp3) is 0.600. The van der Waals surface area contributed by atoms with Crippen LogP contribution in [0.5, 0.6) is 0 Å². The van der Waals surface area contributed by atoms with Crippen molar-refractivity contribution in [3.8, 4) is 0 Å². The molecule has 0 heterocycles. The first-order valence-corrected chi connectivity index (χ1v) is 6.31. The predicted molar refractivity (Wildman–Crippen MR) is 64.8 cm³/mol. The van der Waals surface area contributed by atoms with Crippen LogP contribution in [0, 0.1) is 0 Å². The van der Waals surface area contributed by atoms with Crippen molar-refractivity contribution in [1.29, 1.82) is 0 Å². The zero-order valence-corrected chi connectivity index (χ0v) is 12.3. The minimum absolute atomic E-state index is 0.162. The van der Waals surface area contributed by atoms with Gasteiger partial charge in [0.25, 0.3) is 0 Å². The van der Waals surface area contributed by atoms with E-state index in [0.29, 0.717) is 0 Å². The van der Waals surface area contributed by atoms with Gasteiger partial charge in [-0.3, -0.25) is 0 Å². The molecule has 22 heavy (non-hydrogen) atoms. The number of hydrogen-bond donors (Lipinski definition) is 4. The van der Waals surface area contributed by atoms with E-state index in [-0.39, 0.29) is 13.1 Å². The SMILES string of the molecule is O=C(O)CN(CCN(CC(=O)O)C([N]=[Fe])C(=O)O)CC(=O)O. The van der Waals surface area contributed by atoms with Gasteiger partial charge in [-0.25, -0.2) is 0 Å². The Hall–Kier alpha value is -1.88. The molecule has 0 rings (SSSR count). The van der Waals surface area contributed by atoms with Crippen LogP contribution in [0.15, 0.2) is 3.96 Å². The topological polar surface area (TPSA) is 168 Å². The summed E-state index contributed by atoms with van der Waals surface area (Å²) in [6.07, 6.45) is -1.52. The molecule has 0 aliphatic rings. The summed E-state index contributed by atoms with van der Waals surface area (Å²) in [6, 6.07) is 0. The Balaban J connectivity index is 4.91. The van der Waals surface area contributed by atoms with E-state index < -0.39 is 49.7 Å². The number of carboxylic acids is 4. The summed E-state index contributed by atoms with van der Waals surface area (Å²) in [6.45, 7) is -2.18. The molecule has 0 saturated heterocycles. The molecule has 0 fully saturated rings. The Morgan fingerprint density at radius 2 is 1.32 bits per heavy atom. The zero-order chi connectivity index (χ0) is 17.3. The van der Waals surface area contributed by atoms with Crippen molar-refractivity contribution in [2.24, 2.45) is 3.96 Å². The van der Waals surface area contributed by atoms with Crippen molar-refractivity contribution in [3.63, 3.8) is 0 Å². The molecule has 12 heteroatoms. The average molecular weight is 361 g/mol. The Morgan fingerprint density at radius 3 is 1.64 bits per heavy atom. The van der Waals surface area contributed by atoms with Gasteiger partial charge >= 0.3 is 132 Å².